The Morgan fingerprint density at radius 2 is 1.89 bits per heavy atom. The van der Waals surface area contributed by atoms with Gasteiger partial charge in [0.2, 0.25) is 0 Å². The molecule has 0 atom stereocenters. The number of methoxy groups -OCH3 is 1. The maximum atomic E-state index is 11.7. The van der Waals surface area contributed by atoms with E-state index in [1.807, 2.05) is 0 Å². The van der Waals surface area contributed by atoms with Gasteiger partial charge < -0.3 is 10.1 Å². The number of anilines is 2. The minimum atomic E-state index is -0.387. The number of halogens is 1. The molecule has 0 bridgehead atoms. The third-order valence-corrected chi connectivity index (χ3v) is 2.62. The molecule has 7 heteroatoms. The highest BCUT2D eigenvalue weighted by atomic mass is 79.9. The summed E-state index contributed by atoms with van der Waals surface area (Å²) in [4.78, 5) is 19.6. The molecule has 98 valence electrons. The number of nitrogens with one attached hydrogen (secondary N) is 2. The van der Waals surface area contributed by atoms with Crippen LogP contribution in [0.25, 0.3) is 0 Å². The third-order valence-electron chi connectivity index (χ3n) is 2.21. The molecule has 0 saturated carbocycles. The molecule has 0 aliphatic rings. The zero-order chi connectivity index (χ0) is 13.7. The molecule has 19 heavy (non-hydrogen) atoms. The van der Waals surface area contributed by atoms with E-state index in [1.54, 1.807) is 31.4 Å². The van der Waals surface area contributed by atoms with Crippen molar-refractivity contribution in [3.63, 3.8) is 0 Å². The van der Waals surface area contributed by atoms with Crippen molar-refractivity contribution in [1.29, 1.82) is 0 Å². The van der Waals surface area contributed by atoms with Crippen LogP contribution in [0.2, 0.25) is 0 Å². The second-order valence-electron chi connectivity index (χ2n) is 3.53. The standard InChI is InChI=1S/C12H11BrN4O2/c1-19-9-4-2-8(3-5-9)16-12(18)17-11-7-14-10(13)6-15-11/h2-7H,1H3,(H2,15,16,17,18). The molecule has 0 saturated heterocycles. The van der Waals surface area contributed by atoms with Crippen LogP contribution in [0, 0.1) is 0 Å². The summed E-state index contributed by atoms with van der Waals surface area (Å²) >= 11 is 3.17. The summed E-state index contributed by atoms with van der Waals surface area (Å²) in [6.07, 6.45) is 2.96. The van der Waals surface area contributed by atoms with Gasteiger partial charge in [-0.05, 0) is 40.2 Å². The number of carbonyl (C=O) groups excluding carboxylic acids is 1. The molecule has 0 fully saturated rings. The van der Waals surface area contributed by atoms with Crippen molar-refractivity contribution in [1.82, 2.24) is 9.97 Å². The van der Waals surface area contributed by atoms with E-state index in [1.165, 1.54) is 12.4 Å². The van der Waals surface area contributed by atoms with Crippen molar-refractivity contribution in [2.24, 2.45) is 0 Å². The molecule has 1 aromatic carbocycles. The minimum Gasteiger partial charge on any atom is -0.497 e. The van der Waals surface area contributed by atoms with Crippen LogP contribution < -0.4 is 15.4 Å². The lowest BCUT2D eigenvalue weighted by Gasteiger charge is -2.07. The van der Waals surface area contributed by atoms with Crippen molar-refractivity contribution < 1.29 is 9.53 Å². The highest BCUT2D eigenvalue weighted by Gasteiger charge is 2.04. The van der Waals surface area contributed by atoms with E-state index < -0.39 is 0 Å². The predicted octanol–water partition coefficient (Wildman–Crippen LogP) is 2.89. The Balaban J connectivity index is 1.95. The van der Waals surface area contributed by atoms with E-state index in [4.69, 9.17) is 4.74 Å². The number of hydrogen-bond acceptors (Lipinski definition) is 4. The molecule has 0 aliphatic carbocycles. The fourth-order valence-corrected chi connectivity index (χ4v) is 1.53. The zero-order valence-electron chi connectivity index (χ0n) is 10.1. The average Bonchev–Trinajstić information content (AvgIpc) is 2.42. The largest absolute Gasteiger partial charge is 0.497 e. The van der Waals surface area contributed by atoms with E-state index in [0.717, 1.165) is 5.75 Å². The first kappa shape index (κ1) is 13.3. The normalized spacial score (nSPS) is 9.79. The SMILES string of the molecule is COc1ccc(NC(=O)Nc2cnc(Br)cn2)cc1. The number of nitrogens with zero attached hydrogens (tertiary/aromatic N) is 2. The summed E-state index contributed by atoms with van der Waals surface area (Å²) in [6, 6.07) is 6.61. The molecule has 2 rings (SSSR count). The van der Waals surface area contributed by atoms with Crippen LogP contribution in [0.5, 0.6) is 5.75 Å². The molecule has 0 spiro atoms. The number of ether oxygens (including phenoxy) is 1. The maximum absolute atomic E-state index is 11.7. The highest BCUT2D eigenvalue weighted by molar-refractivity contribution is 9.10. The molecule has 6 nitrogen and oxygen atoms in total. The lowest BCUT2D eigenvalue weighted by molar-refractivity contribution is 0.262. The molecular weight excluding hydrogens is 312 g/mol. The Morgan fingerprint density at radius 1 is 1.16 bits per heavy atom. The van der Waals surface area contributed by atoms with Gasteiger partial charge in [0.25, 0.3) is 0 Å². The van der Waals surface area contributed by atoms with E-state index >= 15 is 0 Å². The van der Waals surface area contributed by atoms with E-state index in [9.17, 15) is 4.79 Å². The molecule has 2 N–H and O–H groups in total. The highest BCUT2D eigenvalue weighted by Crippen LogP contribution is 2.15. The Bertz CT molecular complexity index is 557. The smallest absolute Gasteiger partial charge is 0.324 e. The van der Waals surface area contributed by atoms with Gasteiger partial charge in [0.05, 0.1) is 19.5 Å². The molecule has 0 unspecified atom stereocenters. The predicted molar refractivity (Wildman–Crippen MR) is 75.4 cm³/mol. The van der Waals surface area contributed by atoms with Gasteiger partial charge in [-0.2, -0.15) is 0 Å². The van der Waals surface area contributed by atoms with Gasteiger partial charge in [-0.25, -0.2) is 14.8 Å². The molecular formula is C12H11BrN4O2. The quantitative estimate of drug-likeness (QED) is 0.911. The maximum Gasteiger partial charge on any atom is 0.324 e. The van der Waals surface area contributed by atoms with E-state index in [0.29, 0.717) is 16.1 Å². The monoisotopic (exact) mass is 322 g/mol. The van der Waals surface area contributed by atoms with Crippen molar-refractivity contribution >= 4 is 33.5 Å². The van der Waals surface area contributed by atoms with Crippen LogP contribution in [0.3, 0.4) is 0 Å². The lowest BCUT2D eigenvalue weighted by Crippen LogP contribution is -2.20. The molecule has 0 aliphatic heterocycles. The second-order valence-corrected chi connectivity index (χ2v) is 4.34. The zero-order valence-corrected chi connectivity index (χ0v) is 11.6. The van der Waals surface area contributed by atoms with Gasteiger partial charge in [0, 0.05) is 5.69 Å². The number of rotatable bonds is 3. The number of hydrogen-bond donors (Lipinski definition) is 2. The Kier molecular flexibility index (Phi) is 4.30. The number of benzene rings is 1. The fraction of sp³-hybridized carbons (Fsp3) is 0.0833. The Morgan fingerprint density at radius 3 is 2.47 bits per heavy atom. The van der Waals surface area contributed by atoms with Crippen LogP contribution in [0.4, 0.5) is 16.3 Å². The number of carbonyl (C=O) groups is 1. The van der Waals surface area contributed by atoms with Crippen LogP contribution in [-0.4, -0.2) is 23.1 Å². The first-order valence-electron chi connectivity index (χ1n) is 5.37. The van der Waals surface area contributed by atoms with Crippen molar-refractivity contribution in [2.75, 3.05) is 17.7 Å². The van der Waals surface area contributed by atoms with Gasteiger partial charge in [0.15, 0.2) is 5.82 Å². The second kappa shape index (κ2) is 6.14. The van der Waals surface area contributed by atoms with Gasteiger partial charge in [0.1, 0.15) is 10.4 Å². The first-order chi connectivity index (χ1) is 9.17. The van der Waals surface area contributed by atoms with Crippen LogP contribution in [0.15, 0.2) is 41.3 Å². The summed E-state index contributed by atoms with van der Waals surface area (Å²) in [5.41, 5.74) is 0.656. The molecule has 2 aromatic rings. The van der Waals surface area contributed by atoms with Crippen LogP contribution in [-0.2, 0) is 0 Å². The Hall–Kier alpha value is -2.15. The van der Waals surface area contributed by atoms with Crippen molar-refractivity contribution in [3.8, 4) is 5.75 Å². The van der Waals surface area contributed by atoms with Crippen molar-refractivity contribution in [2.45, 2.75) is 0 Å². The van der Waals surface area contributed by atoms with Gasteiger partial charge in [-0.15, -0.1) is 0 Å². The molecule has 2 amide bonds. The summed E-state index contributed by atoms with van der Waals surface area (Å²) in [5, 5.41) is 5.24. The van der Waals surface area contributed by atoms with Crippen LogP contribution in [0.1, 0.15) is 0 Å². The first-order valence-corrected chi connectivity index (χ1v) is 6.16. The van der Waals surface area contributed by atoms with E-state index in [2.05, 4.69) is 36.5 Å². The van der Waals surface area contributed by atoms with Crippen LogP contribution >= 0.6 is 15.9 Å². The Labute approximate surface area is 118 Å². The lowest BCUT2D eigenvalue weighted by atomic mass is 10.3. The minimum absolute atomic E-state index is 0.370. The van der Waals surface area contributed by atoms with Gasteiger partial charge >= 0.3 is 6.03 Å². The molecule has 1 aromatic heterocycles. The topological polar surface area (TPSA) is 76.1 Å². The van der Waals surface area contributed by atoms with Gasteiger partial charge in [-0.1, -0.05) is 0 Å². The molecule has 1 heterocycles. The summed E-state index contributed by atoms with van der Waals surface area (Å²) in [5.74, 6) is 1.10. The van der Waals surface area contributed by atoms with Crippen molar-refractivity contribution in [3.05, 3.63) is 41.3 Å². The number of urea groups is 1. The summed E-state index contributed by atoms with van der Waals surface area (Å²) < 4.78 is 5.64. The number of aromatic nitrogens is 2. The van der Waals surface area contributed by atoms with E-state index in [-0.39, 0.29) is 6.03 Å². The number of amides is 2. The fourth-order valence-electron chi connectivity index (χ4n) is 1.33. The van der Waals surface area contributed by atoms with Gasteiger partial charge in [-0.3, -0.25) is 5.32 Å². The third kappa shape index (κ3) is 3.92. The summed E-state index contributed by atoms with van der Waals surface area (Å²) in [6.45, 7) is 0. The molecule has 0 radical (unpaired) electrons. The average molecular weight is 323 g/mol. The summed E-state index contributed by atoms with van der Waals surface area (Å²) in [7, 11) is 1.58.